The van der Waals surface area contributed by atoms with E-state index in [1.165, 1.54) is 4.90 Å². The number of ether oxygens (including phenoxy) is 2. The van der Waals surface area contributed by atoms with Crippen molar-refractivity contribution in [1.82, 2.24) is 9.55 Å². The van der Waals surface area contributed by atoms with Crippen LogP contribution in [0.4, 0.5) is 14.6 Å². The summed E-state index contributed by atoms with van der Waals surface area (Å²) >= 11 is 0. The molecule has 0 radical (unpaired) electrons. The molecule has 0 unspecified atom stereocenters. The molecule has 0 saturated carbocycles. The fraction of sp³-hybridized carbons (Fsp3) is 0.400. The summed E-state index contributed by atoms with van der Waals surface area (Å²) in [6, 6.07) is 4.52. The molecule has 2 aliphatic rings. The Bertz CT molecular complexity index is 959. The third-order valence-corrected chi connectivity index (χ3v) is 5.23. The second-order valence-electron chi connectivity index (χ2n) is 7.28. The third kappa shape index (κ3) is 3.52. The fourth-order valence-corrected chi connectivity index (χ4v) is 3.60. The van der Waals surface area contributed by atoms with Crippen LogP contribution in [0.25, 0.3) is 11.4 Å². The number of amides is 1. The lowest BCUT2D eigenvalue weighted by molar-refractivity contribution is -0.121. The van der Waals surface area contributed by atoms with Gasteiger partial charge < -0.3 is 19.8 Å². The topological polar surface area (TPSA) is 82.6 Å². The van der Waals surface area contributed by atoms with E-state index in [1.807, 2.05) is 22.8 Å². The van der Waals surface area contributed by atoms with Crippen molar-refractivity contribution >= 4 is 11.7 Å². The molecule has 0 aliphatic carbocycles. The maximum Gasteiger partial charge on any atom is 0.262 e. The lowest BCUT2D eigenvalue weighted by Gasteiger charge is -2.20. The second-order valence-corrected chi connectivity index (χ2v) is 7.28. The van der Waals surface area contributed by atoms with Crippen molar-refractivity contribution in [3.63, 3.8) is 0 Å². The number of aromatic nitrogens is 2. The smallest absolute Gasteiger partial charge is 0.262 e. The van der Waals surface area contributed by atoms with Crippen molar-refractivity contribution in [2.75, 3.05) is 18.1 Å². The number of carbonyl (C=O) groups is 1. The Morgan fingerprint density at radius 2 is 2.21 bits per heavy atom. The van der Waals surface area contributed by atoms with Crippen LogP contribution in [0.15, 0.2) is 36.9 Å². The van der Waals surface area contributed by atoms with E-state index in [0.29, 0.717) is 37.0 Å². The summed E-state index contributed by atoms with van der Waals surface area (Å²) < 4.78 is 39.8. The number of nitrogens with two attached hydrogens (primary N) is 1. The monoisotopic (exact) mass is 404 g/mol. The zero-order valence-corrected chi connectivity index (χ0v) is 16.0. The Morgan fingerprint density at radius 3 is 2.93 bits per heavy atom. The first-order chi connectivity index (χ1) is 13.8. The van der Waals surface area contributed by atoms with Crippen LogP contribution in [0.1, 0.15) is 12.5 Å². The Hall–Kier alpha value is -3.10. The summed E-state index contributed by atoms with van der Waals surface area (Å²) in [6.07, 6.45) is -0.361. The predicted octanol–water partition coefficient (Wildman–Crippen LogP) is 2.55. The van der Waals surface area contributed by atoms with Gasteiger partial charge in [0.25, 0.3) is 6.43 Å². The number of alkyl halides is 2. The highest BCUT2D eigenvalue weighted by atomic mass is 19.3. The molecule has 3 heterocycles. The average Bonchev–Trinajstić information content (AvgIpc) is 3.21. The minimum Gasteiger partial charge on any atom is -0.491 e. The Kier molecular flexibility index (Phi) is 4.89. The fourth-order valence-electron chi connectivity index (χ4n) is 3.60. The van der Waals surface area contributed by atoms with Crippen molar-refractivity contribution < 1.29 is 23.0 Å². The molecule has 4 rings (SSSR count). The van der Waals surface area contributed by atoms with Crippen LogP contribution in [-0.4, -0.2) is 41.1 Å². The molecule has 1 aromatic carbocycles. The summed E-state index contributed by atoms with van der Waals surface area (Å²) in [7, 11) is 0. The molecule has 9 heteroatoms. The van der Waals surface area contributed by atoms with E-state index in [2.05, 4.69) is 11.6 Å². The van der Waals surface area contributed by atoms with Gasteiger partial charge >= 0.3 is 0 Å². The zero-order valence-electron chi connectivity index (χ0n) is 16.0. The second kappa shape index (κ2) is 7.38. The van der Waals surface area contributed by atoms with Gasteiger partial charge in [-0.05, 0) is 30.7 Å². The van der Waals surface area contributed by atoms with Gasteiger partial charge in [-0.1, -0.05) is 13.0 Å². The number of imidazole rings is 1. The summed E-state index contributed by atoms with van der Waals surface area (Å²) in [5.41, 5.74) is 7.04. The van der Waals surface area contributed by atoms with E-state index < -0.39 is 12.5 Å². The van der Waals surface area contributed by atoms with Gasteiger partial charge in [0.05, 0.1) is 12.1 Å². The standard InChI is InChI=1S/C20H22F2N4O3/c1-11(19(23)27)7-13-3-4-14-16(8-13)28-6-5-25-9-17(24-20(14)25)26-12(2)29-10-15(26)18(21)22/h3-4,8-9,11,15,18H,2,5-7,10H2,1H3,(H2,23,27)/t11-,15+/m1/s1. The molecule has 7 nitrogen and oxygen atoms in total. The number of primary amides is 1. The highest BCUT2D eigenvalue weighted by molar-refractivity contribution is 5.76. The first-order valence-corrected chi connectivity index (χ1v) is 9.37. The van der Waals surface area contributed by atoms with Crippen LogP contribution in [0, 0.1) is 5.92 Å². The Morgan fingerprint density at radius 1 is 1.41 bits per heavy atom. The lowest BCUT2D eigenvalue weighted by Crippen LogP contribution is -2.36. The number of nitrogens with zero attached hydrogens (tertiary/aromatic N) is 3. The number of fused-ring (bicyclic) bond motifs is 3. The largest absolute Gasteiger partial charge is 0.491 e. The number of halogens is 2. The normalized spacial score (nSPS) is 19.2. The maximum atomic E-state index is 13.4. The lowest BCUT2D eigenvalue weighted by atomic mass is 9.99. The molecule has 1 aromatic heterocycles. The molecule has 1 fully saturated rings. The summed E-state index contributed by atoms with van der Waals surface area (Å²) in [5, 5.41) is 0. The van der Waals surface area contributed by atoms with Crippen LogP contribution < -0.4 is 15.4 Å². The highest BCUT2D eigenvalue weighted by Crippen LogP contribution is 2.37. The number of carbonyl (C=O) groups excluding carboxylic acids is 1. The van der Waals surface area contributed by atoms with Gasteiger partial charge in [0.1, 0.15) is 30.8 Å². The molecule has 0 bridgehead atoms. The van der Waals surface area contributed by atoms with Gasteiger partial charge in [-0.25, -0.2) is 13.8 Å². The highest BCUT2D eigenvalue weighted by Gasteiger charge is 2.38. The molecule has 154 valence electrons. The number of hydrogen-bond acceptors (Lipinski definition) is 5. The van der Waals surface area contributed by atoms with E-state index in [0.717, 1.165) is 11.1 Å². The number of rotatable bonds is 5. The van der Waals surface area contributed by atoms with Crippen molar-refractivity contribution in [3.8, 4) is 17.1 Å². The van der Waals surface area contributed by atoms with Crippen molar-refractivity contribution in [3.05, 3.63) is 42.4 Å². The van der Waals surface area contributed by atoms with E-state index >= 15 is 0 Å². The van der Waals surface area contributed by atoms with E-state index in [1.54, 1.807) is 13.1 Å². The van der Waals surface area contributed by atoms with Gasteiger partial charge in [0.2, 0.25) is 5.91 Å². The maximum absolute atomic E-state index is 13.4. The van der Waals surface area contributed by atoms with Crippen LogP contribution in [0.5, 0.6) is 5.75 Å². The molecule has 29 heavy (non-hydrogen) atoms. The Balaban J connectivity index is 1.68. The molecule has 1 amide bonds. The summed E-state index contributed by atoms with van der Waals surface area (Å²) in [4.78, 5) is 17.3. The number of anilines is 1. The van der Waals surface area contributed by atoms with Crippen molar-refractivity contribution in [2.45, 2.75) is 32.4 Å². The third-order valence-electron chi connectivity index (χ3n) is 5.23. The van der Waals surface area contributed by atoms with Crippen molar-refractivity contribution in [1.29, 1.82) is 0 Å². The van der Waals surface area contributed by atoms with Crippen LogP contribution in [0.2, 0.25) is 0 Å². The van der Waals surface area contributed by atoms with Gasteiger partial charge in [0.15, 0.2) is 11.7 Å². The van der Waals surface area contributed by atoms with E-state index in [9.17, 15) is 13.6 Å². The minimum atomic E-state index is -2.58. The zero-order chi connectivity index (χ0) is 20.7. The minimum absolute atomic E-state index is 0.125. The van der Waals surface area contributed by atoms with Gasteiger partial charge in [-0.3, -0.25) is 9.69 Å². The molecule has 1 saturated heterocycles. The van der Waals surface area contributed by atoms with E-state index in [4.69, 9.17) is 15.2 Å². The van der Waals surface area contributed by atoms with Gasteiger partial charge in [-0.15, -0.1) is 0 Å². The quantitative estimate of drug-likeness (QED) is 0.828. The Labute approximate surface area is 166 Å². The molecular weight excluding hydrogens is 382 g/mol. The van der Waals surface area contributed by atoms with Gasteiger partial charge in [0, 0.05) is 12.1 Å². The molecular formula is C20H22F2N4O3. The molecule has 0 spiro atoms. The van der Waals surface area contributed by atoms with Gasteiger partial charge in [-0.2, -0.15) is 0 Å². The SMILES string of the molecule is C=C1OC[C@@H](C(F)F)N1c1cn2c(n1)-c1ccc(C[C@@H](C)C(N)=O)cc1OCC2. The molecule has 2 atom stereocenters. The van der Waals surface area contributed by atoms with Crippen molar-refractivity contribution in [2.24, 2.45) is 11.7 Å². The first-order valence-electron chi connectivity index (χ1n) is 9.37. The number of hydrogen-bond donors (Lipinski definition) is 1. The van der Waals surface area contributed by atoms with Crippen LogP contribution in [-0.2, 0) is 22.5 Å². The van der Waals surface area contributed by atoms with Crippen LogP contribution >= 0.6 is 0 Å². The summed E-state index contributed by atoms with van der Waals surface area (Å²) in [6.45, 7) is 6.30. The molecule has 2 aliphatic heterocycles. The first kappa shape index (κ1) is 19.2. The van der Waals surface area contributed by atoms with Crippen LogP contribution in [0.3, 0.4) is 0 Å². The summed E-state index contributed by atoms with van der Waals surface area (Å²) in [5.74, 6) is 1.14. The average molecular weight is 404 g/mol. The molecule has 2 aromatic rings. The number of benzene rings is 1. The molecule has 2 N–H and O–H groups in total. The van der Waals surface area contributed by atoms with E-state index in [-0.39, 0.29) is 24.3 Å². The predicted molar refractivity (Wildman–Crippen MR) is 103 cm³/mol.